The van der Waals surface area contributed by atoms with Crippen LogP contribution in [0.5, 0.6) is 0 Å². The molecule has 0 saturated carbocycles. The zero-order valence-corrected chi connectivity index (χ0v) is 14.5. The van der Waals surface area contributed by atoms with E-state index in [1.807, 2.05) is 0 Å². The molecule has 3 N–H and O–H groups in total. The van der Waals surface area contributed by atoms with Crippen molar-refractivity contribution in [3.63, 3.8) is 0 Å². The summed E-state index contributed by atoms with van der Waals surface area (Å²) in [6.45, 7) is 1.66. The van der Waals surface area contributed by atoms with E-state index in [1.165, 1.54) is 31.2 Å². The molecule has 0 unspecified atom stereocenters. The first-order chi connectivity index (χ1) is 12.8. The molecule has 0 spiro atoms. The lowest BCUT2D eigenvalue weighted by Crippen LogP contribution is -2.36. The number of nitrogens with two attached hydrogens (primary N) is 1. The normalized spacial score (nSPS) is 11.5. The van der Waals surface area contributed by atoms with Crippen LogP contribution in [0.4, 0.5) is 15.8 Å². The molecule has 0 aliphatic rings. The molecule has 0 saturated heterocycles. The van der Waals surface area contributed by atoms with Crippen LogP contribution in [-0.4, -0.2) is 29.4 Å². The van der Waals surface area contributed by atoms with E-state index in [9.17, 15) is 24.1 Å². The van der Waals surface area contributed by atoms with Gasteiger partial charge in [-0.15, -0.1) is 0 Å². The number of benzene rings is 2. The van der Waals surface area contributed by atoms with Crippen LogP contribution >= 0.6 is 0 Å². The van der Waals surface area contributed by atoms with Crippen molar-refractivity contribution in [3.8, 4) is 0 Å². The summed E-state index contributed by atoms with van der Waals surface area (Å²) in [6, 6.07) is 9.38. The molecule has 1 amide bonds. The molecule has 9 heteroatoms. The van der Waals surface area contributed by atoms with Crippen molar-refractivity contribution in [2.45, 2.75) is 19.4 Å². The summed E-state index contributed by atoms with van der Waals surface area (Å²) in [5, 5.41) is 13.5. The molecule has 0 aromatic heterocycles. The smallest absolute Gasteiger partial charge is 0.339 e. The molecule has 27 heavy (non-hydrogen) atoms. The lowest BCUT2D eigenvalue weighted by Gasteiger charge is -2.13. The average molecular weight is 375 g/mol. The SMILES string of the molecule is C[C@@H](OC(=O)c1ccc(N)c([N+](=O)[O-])c1)C(=O)NCCc1ccc(F)cc1. The number of nitrogens with zero attached hydrogens (tertiary/aromatic N) is 1. The molecule has 0 heterocycles. The number of ether oxygens (including phenoxy) is 1. The molecular weight excluding hydrogens is 357 g/mol. The number of nitrogen functional groups attached to an aromatic ring is 1. The molecular formula is C18H18FN3O5. The first kappa shape index (κ1) is 19.8. The van der Waals surface area contributed by atoms with Crippen LogP contribution in [0.1, 0.15) is 22.8 Å². The molecule has 2 aromatic carbocycles. The van der Waals surface area contributed by atoms with Gasteiger partial charge in [0, 0.05) is 12.6 Å². The van der Waals surface area contributed by atoms with Crippen LogP contribution in [0.3, 0.4) is 0 Å². The molecule has 0 fully saturated rings. The number of nitrogens with one attached hydrogen (secondary N) is 1. The van der Waals surface area contributed by atoms with E-state index in [-0.39, 0.29) is 23.6 Å². The Labute approximate surface area is 154 Å². The quantitative estimate of drug-likeness (QED) is 0.331. The maximum atomic E-state index is 12.8. The second-order valence-electron chi connectivity index (χ2n) is 5.75. The Morgan fingerprint density at radius 1 is 1.26 bits per heavy atom. The first-order valence-corrected chi connectivity index (χ1v) is 8.05. The van der Waals surface area contributed by atoms with Crippen LogP contribution in [-0.2, 0) is 16.0 Å². The molecule has 0 bridgehead atoms. The fourth-order valence-electron chi connectivity index (χ4n) is 2.24. The maximum Gasteiger partial charge on any atom is 0.339 e. The van der Waals surface area contributed by atoms with Crippen LogP contribution in [0.15, 0.2) is 42.5 Å². The number of carbonyl (C=O) groups excluding carboxylic acids is 2. The third kappa shape index (κ3) is 5.50. The second-order valence-corrected chi connectivity index (χ2v) is 5.75. The number of anilines is 1. The van der Waals surface area contributed by atoms with Crippen molar-refractivity contribution < 1.29 is 23.6 Å². The Hall–Kier alpha value is -3.49. The highest BCUT2D eigenvalue weighted by Crippen LogP contribution is 2.22. The van der Waals surface area contributed by atoms with Gasteiger partial charge in [0.05, 0.1) is 10.5 Å². The van der Waals surface area contributed by atoms with Gasteiger partial charge in [0.2, 0.25) is 0 Å². The van der Waals surface area contributed by atoms with E-state index in [0.29, 0.717) is 6.42 Å². The first-order valence-electron chi connectivity index (χ1n) is 8.05. The highest BCUT2D eigenvalue weighted by Gasteiger charge is 2.21. The van der Waals surface area contributed by atoms with E-state index in [4.69, 9.17) is 10.5 Å². The Balaban J connectivity index is 1.88. The number of amides is 1. The summed E-state index contributed by atoms with van der Waals surface area (Å²) in [6.07, 6.45) is -0.612. The number of carbonyl (C=O) groups is 2. The summed E-state index contributed by atoms with van der Waals surface area (Å²) in [7, 11) is 0. The van der Waals surface area contributed by atoms with Crippen molar-refractivity contribution in [3.05, 3.63) is 69.5 Å². The highest BCUT2D eigenvalue weighted by molar-refractivity contribution is 5.93. The minimum atomic E-state index is -1.10. The summed E-state index contributed by atoms with van der Waals surface area (Å²) in [4.78, 5) is 34.2. The third-order valence-corrected chi connectivity index (χ3v) is 3.74. The second kappa shape index (κ2) is 8.75. The van der Waals surface area contributed by atoms with Crippen molar-refractivity contribution in [2.75, 3.05) is 12.3 Å². The van der Waals surface area contributed by atoms with Crippen LogP contribution in [0.25, 0.3) is 0 Å². The molecule has 0 radical (unpaired) electrons. The summed E-state index contributed by atoms with van der Waals surface area (Å²) in [5.74, 6) is -1.74. The maximum absolute atomic E-state index is 12.8. The number of halogens is 1. The van der Waals surface area contributed by atoms with Crippen LogP contribution in [0, 0.1) is 15.9 Å². The largest absolute Gasteiger partial charge is 0.449 e. The van der Waals surface area contributed by atoms with Crippen molar-refractivity contribution in [1.82, 2.24) is 5.32 Å². The van der Waals surface area contributed by atoms with Gasteiger partial charge < -0.3 is 15.8 Å². The molecule has 0 aliphatic heterocycles. The number of nitro benzene ring substituents is 1. The lowest BCUT2D eigenvalue weighted by atomic mass is 10.1. The van der Waals surface area contributed by atoms with Gasteiger partial charge in [-0.3, -0.25) is 14.9 Å². The van der Waals surface area contributed by atoms with Gasteiger partial charge >= 0.3 is 5.97 Å². The van der Waals surface area contributed by atoms with E-state index in [2.05, 4.69) is 5.32 Å². The van der Waals surface area contributed by atoms with Gasteiger partial charge in [0.25, 0.3) is 11.6 Å². The van der Waals surface area contributed by atoms with Crippen molar-refractivity contribution in [1.29, 1.82) is 0 Å². The van der Waals surface area contributed by atoms with E-state index >= 15 is 0 Å². The molecule has 2 aromatic rings. The minimum Gasteiger partial charge on any atom is -0.449 e. The number of rotatable bonds is 7. The highest BCUT2D eigenvalue weighted by atomic mass is 19.1. The monoisotopic (exact) mass is 375 g/mol. The number of esters is 1. The Morgan fingerprint density at radius 3 is 2.56 bits per heavy atom. The van der Waals surface area contributed by atoms with Gasteiger partial charge in [0.1, 0.15) is 11.5 Å². The zero-order chi connectivity index (χ0) is 20.0. The van der Waals surface area contributed by atoms with Gasteiger partial charge in [-0.2, -0.15) is 0 Å². The standard InChI is InChI=1S/C18H18FN3O5/c1-11(17(23)21-9-8-12-2-5-14(19)6-3-12)27-18(24)13-4-7-15(20)16(10-13)22(25)26/h2-7,10-11H,8-9,20H2,1H3,(H,21,23)/t11-/m1/s1. The van der Waals surface area contributed by atoms with E-state index in [1.54, 1.807) is 12.1 Å². The topological polar surface area (TPSA) is 125 Å². The van der Waals surface area contributed by atoms with Crippen LogP contribution < -0.4 is 11.1 Å². The number of hydrogen-bond acceptors (Lipinski definition) is 6. The van der Waals surface area contributed by atoms with Gasteiger partial charge in [-0.25, -0.2) is 9.18 Å². The summed E-state index contributed by atoms with van der Waals surface area (Å²) in [5.41, 5.74) is 5.74. The lowest BCUT2D eigenvalue weighted by molar-refractivity contribution is -0.383. The molecule has 2 rings (SSSR count). The predicted molar refractivity (Wildman–Crippen MR) is 95.5 cm³/mol. The molecule has 8 nitrogen and oxygen atoms in total. The Bertz CT molecular complexity index is 855. The number of nitro groups is 1. The minimum absolute atomic E-state index is 0.0804. The van der Waals surface area contributed by atoms with Gasteiger partial charge in [-0.1, -0.05) is 12.1 Å². The fourth-order valence-corrected chi connectivity index (χ4v) is 2.24. The van der Waals surface area contributed by atoms with Gasteiger partial charge in [-0.05, 0) is 43.2 Å². The zero-order valence-electron chi connectivity index (χ0n) is 14.5. The average Bonchev–Trinajstić information content (AvgIpc) is 2.63. The van der Waals surface area contributed by atoms with Crippen molar-refractivity contribution in [2.24, 2.45) is 0 Å². The summed E-state index contributed by atoms with van der Waals surface area (Å²) < 4.78 is 17.9. The number of hydrogen-bond donors (Lipinski definition) is 2. The molecule has 0 aliphatic carbocycles. The Kier molecular flexibility index (Phi) is 6.42. The van der Waals surface area contributed by atoms with Gasteiger partial charge in [0.15, 0.2) is 6.10 Å². The van der Waals surface area contributed by atoms with E-state index in [0.717, 1.165) is 11.6 Å². The Morgan fingerprint density at radius 2 is 1.93 bits per heavy atom. The molecule has 1 atom stereocenters. The van der Waals surface area contributed by atoms with Crippen LogP contribution in [0.2, 0.25) is 0 Å². The predicted octanol–water partition coefficient (Wildman–Crippen LogP) is 2.22. The van der Waals surface area contributed by atoms with Crippen molar-refractivity contribution >= 4 is 23.3 Å². The fraction of sp³-hybridized carbons (Fsp3) is 0.222. The van der Waals surface area contributed by atoms with E-state index < -0.39 is 28.6 Å². The summed E-state index contributed by atoms with van der Waals surface area (Å²) >= 11 is 0. The molecule has 142 valence electrons. The third-order valence-electron chi connectivity index (χ3n) is 3.74.